The van der Waals surface area contributed by atoms with E-state index in [-0.39, 0.29) is 12.4 Å². The number of fused-ring (bicyclic) bond motifs is 2. The lowest BCUT2D eigenvalue weighted by molar-refractivity contribution is -0.140. The lowest BCUT2D eigenvalue weighted by Crippen LogP contribution is -2.51. The lowest BCUT2D eigenvalue weighted by Gasteiger charge is -2.37. The highest BCUT2D eigenvalue weighted by atomic mass is 35.5. The average Bonchev–Trinajstić information content (AvgIpc) is 3.01. The number of piperazine rings is 1. The molecule has 2 bridgehead atoms. The van der Waals surface area contributed by atoms with Gasteiger partial charge in [0.25, 0.3) is 0 Å². The van der Waals surface area contributed by atoms with Gasteiger partial charge in [-0.15, -0.1) is 12.4 Å². The first kappa shape index (κ1) is 20.9. The SMILES string of the molecule is Cl.O=C(CC1CCCCC1)N1CCN(C(=O)CC2CC3CCC(C2)N3)CC1. The van der Waals surface area contributed by atoms with Crippen LogP contribution in [-0.4, -0.2) is 59.9 Å². The molecule has 3 saturated heterocycles. The van der Waals surface area contributed by atoms with Crippen LogP contribution in [0.3, 0.4) is 0 Å². The molecule has 27 heavy (non-hydrogen) atoms. The number of carbonyl (C=O) groups is 2. The van der Waals surface area contributed by atoms with Crippen LogP contribution in [0.2, 0.25) is 0 Å². The van der Waals surface area contributed by atoms with Gasteiger partial charge in [0.1, 0.15) is 0 Å². The Kier molecular flexibility index (Phi) is 7.43. The van der Waals surface area contributed by atoms with Crippen molar-refractivity contribution in [2.75, 3.05) is 26.2 Å². The first-order valence-corrected chi connectivity index (χ1v) is 11.0. The Balaban J connectivity index is 0.00000210. The fourth-order valence-electron chi connectivity index (χ4n) is 5.69. The van der Waals surface area contributed by atoms with Crippen molar-refractivity contribution in [3.63, 3.8) is 0 Å². The summed E-state index contributed by atoms with van der Waals surface area (Å²) < 4.78 is 0. The zero-order chi connectivity index (χ0) is 17.9. The van der Waals surface area contributed by atoms with Gasteiger partial charge in [0.15, 0.2) is 0 Å². The molecule has 0 aromatic rings. The second-order valence-electron chi connectivity index (χ2n) is 9.15. The smallest absolute Gasteiger partial charge is 0.222 e. The topological polar surface area (TPSA) is 52.7 Å². The van der Waals surface area contributed by atoms with Crippen LogP contribution in [0, 0.1) is 11.8 Å². The van der Waals surface area contributed by atoms with E-state index < -0.39 is 0 Å². The molecule has 154 valence electrons. The molecule has 0 radical (unpaired) electrons. The standard InChI is InChI=1S/C21H35N3O2.ClH/c25-20(14-16-4-2-1-3-5-16)23-8-10-24(11-9-23)21(26)15-17-12-18-6-7-19(13-17)22-18;/h16-19,22H,1-15H2;1H. The summed E-state index contributed by atoms with van der Waals surface area (Å²) in [4.78, 5) is 29.3. The fraction of sp³-hybridized carbons (Fsp3) is 0.905. The molecule has 1 aliphatic carbocycles. The minimum Gasteiger partial charge on any atom is -0.339 e. The summed E-state index contributed by atoms with van der Waals surface area (Å²) in [6.07, 6.45) is 12.7. The normalized spacial score (nSPS) is 31.5. The molecule has 4 fully saturated rings. The second kappa shape index (κ2) is 9.60. The predicted molar refractivity (Wildman–Crippen MR) is 109 cm³/mol. The van der Waals surface area contributed by atoms with Gasteiger partial charge >= 0.3 is 0 Å². The van der Waals surface area contributed by atoms with E-state index in [1.165, 1.54) is 57.8 Å². The molecule has 4 rings (SSSR count). The van der Waals surface area contributed by atoms with Crippen LogP contribution in [0.15, 0.2) is 0 Å². The molecule has 2 unspecified atom stereocenters. The highest BCUT2D eigenvalue weighted by Crippen LogP contribution is 2.33. The van der Waals surface area contributed by atoms with E-state index in [0.29, 0.717) is 42.2 Å². The Bertz CT molecular complexity index is 504. The van der Waals surface area contributed by atoms with Crippen LogP contribution < -0.4 is 5.32 Å². The van der Waals surface area contributed by atoms with Crippen molar-refractivity contribution in [2.24, 2.45) is 11.8 Å². The Morgan fingerprint density at radius 2 is 1.19 bits per heavy atom. The zero-order valence-corrected chi connectivity index (χ0v) is 17.4. The maximum atomic E-state index is 12.7. The van der Waals surface area contributed by atoms with Crippen LogP contribution in [0.25, 0.3) is 0 Å². The van der Waals surface area contributed by atoms with Crippen molar-refractivity contribution in [2.45, 2.75) is 82.7 Å². The number of halogens is 1. The molecular weight excluding hydrogens is 362 g/mol. The lowest BCUT2D eigenvalue weighted by atomic mass is 9.86. The maximum absolute atomic E-state index is 12.7. The van der Waals surface area contributed by atoms with Gasteiger partial charge in [0, 0.05) is 51.1 Å². The Morgan fingerprint density at radius 3 is 1.70 bits per heavy atom. The maximum Gasteiger partial charge on any atom is 0.222 e. The molecule has 2 atom stereocenters. The number of nitrogens with one attached hydrogen (secondary N) is 1. The highest BCUT2D eigenvalue weighted by Gasteiger charge is 2.35. The highest BCUT2D eigenvalue weighted by molar-refractivity contribution is 5.85. The van der Waals surface area contributed by atoms with Crippen molar-refractivity contribution < 1.29 is 9.59 Å². The third-order valence-corrected chi connectivity index (χ3v) is 7.21. The quantitative estimate of drug-likeness (QED) is 0.793. The molecule has 0 aromatic heterocycles. The third-order valence-electron chi connectivity index (χ3n) is 7.21. The second-order valence-corrected chi connectivity index (χ2v) is 9.15. The number of rotatable bonds is 4. The van der Waals surface area contributed by atoms with Crippen molar-refractivity contribution >= 4 is 24.2 Å². The Labute approximate surface area is 170 Å². The van der Waals surface area contributed by atoms with Crippen molar-refractivity contribution in [1.29, 1.82) is 0 Å². The van der Waals surface area contributed by atoms with Crippen molar-refractivity contribution in [3.8, 4) is 0 Å². The summed E-state index contributed by atoms with van der Waals surface area (Å²) in [5.41, 5.74) is 0. The first-order valence-electron chi connectivity index (χ1n) is 11.0. The summed E-state index contributed by atoms with van der Waals surface area (Å²) in [5.74, 6) is 1.80. The van der Waals surface area contributed by atoms with E-state index in [0.717, 1.165) is 32.6 Å². The Hall–Kier alpha value is -0.810. The summed E-state index contributed by atoms with van der Waals surface area (Å²) in [5, 5.41) is 3.66. The molecule has 0 aromatic carbocycles. The van der Waals surface area contributed by atoms with Gasteiger partial charge in [-0.25, -0.2) is 0 Å². The number of hydrogen-bond acceptors (Lipinski definition) is 3. The van der Waals surface area contributed by atoms with Crippen molar-refractivity contribution in [1.82, 2.24) is 15.1 Å². The van der Waals surface area contributed by atoms with E-state index >= 15 is 0 Å². The predicted octanol–water partition coefficient (Wildman–Crippen LogP) is 2.97. The van der Waals surface area contributed by atoms with Gasteiger partial charge in [-0.2, -0.15) is 0 Å². The van der Waals surface area contributed by atoms with Crippen LogP contribution in [0.5, 0.6) is 0 Å². The van der Waals surface area contributed by atoms with Crippen LogP contribution in [0.4, 0.5) is 0 Å². The van der Waals surface area contributed by atoms with Gasteiger partial charge in [0.2, 0.25) is 11.8 Å². The molecule has 4 aliphatic rings. The average molecular weight is 398 g/mol. The number of hydrogen-bond donors (Lipinski definition) is 1. The largest absolute Gasteiger partial charge is 0.339 e. The van der Waals surface area contributed by atoms with Crippen molar-refractivity contribution in [3.05, 3.63) is 0 Å². The molecule has 2 amide bonds. The van der Waals surface area contributed by atoms with Gasteiger partial charge in [-0.05, 0) is 50.4 Å². The molecular formula is C21H36ClN3O2. The number of amides is 2. The number of nitrogens with zero attached hydrogens (tertiary/aromatic N) is 2. The first-order chi connectivity index (χ1) is 12.7. The van der Waals surface area contributed by atoms with Gasteiger partial charge in [-0.1, -0.05) is 19.3 Å². The molecule has 1 N–H and O–H groups in total. The van der Waals surface area contributed by atoms with E-state index in [2.05, 4.69) is 5.32 Å². The third kappa shape index (κ3) is 5.38. The van der Waals surface area contributed by atoms with Gasteiger partial charge in [0.05, 0.1) is 0 Å². The molecule has 6 heteroatoms. The summed E-state index contributed by atoms with van der Waals surface area (Å²) >= 11 is 0. The van der Waals surface area contributed by atoms with E-state index in [1.807, 2.05) is 9.80 Å². The minimum atomic E-state index is 0. The summed E-state index contributed by atoms with van der Waals surface area (Å²) in [6.45, 7) is 2.92. The molecule has 5 nitrogen and oxygen atoms in total. The Morgan fingerprint density at radius 1 is 0.704 bits per heavy atom. The summed E-state index contributed by atoms with van der Waals surface area (Å²) in [6, 6.07) is 1.31. The van der Waals surface area contributed by atoms with E-state index in [9.17, 15) is 9.59 Å². The van der Waals surface area contributed by atoms with E-state index in [4.69, 9.17) is 0 Å². The van der Waals surface area contributed by atoms with Gasteiger partial charge < -0.3 is 15.1 Å². The molecule has 3 aliphatic heterocycles. The van der Waals surface area contributed by atoms with E-state index in [1.54, 1.807) is 0 Å². The molecule has 1 saturated carbocycles. The zero-order valence-electron chi connectivity index (χ0n) is 16.5. The minimum absolute atomic E-state index is 0. The van der Waals surface area contributed by atoms with Crippen LogP contribution in [0.1, 0.15) is 70.6 Å². The number of carbonyl (C=O) groups excluding carboxylic acids is 2. The van der Waals surface area contributed by atoms with Crippen LogP contribution in [-0.2, 0) is 9.59 Å². The molecule has 3 heterocycles. The monoisotopic (exact) mass is 397 g/mol. The molecule has 0 spiro atoms. The number of piperidine rings is 1. The fourth-order valence-corrected chi connectivity index (χ4v) is 5.69. The van der Waals surface area contributed by atoms with Crippen LogP contribution >= 0.6 is 12.4 Å². The van der Waals surface area contributed by atoms with Gasteiger partial charge in [-0.3, -0.25) is 9.59 Å². The summed E-state index contributed by atoms with van der Waals surface area (Å²) in [7, 11) is 0.